The number of carbonyl (C=O) groups excluding carboxylic acids is 1. The lowest BCUT2D eigenvalue weighted by atomic mass is 10.1. The first-order chi connectivity index (χ1) is 7.83. The van der Waals surface area contributed by atoms with Crippen LogP contribution in [0.5, 0.6) is 0 Å². The second kappa shape index (κ2) is 6.47. The number of amides is 1. The Hall–Kier alpha value is -1.26. The van der Waals surface area contributed by atoms with Gasteiger partial charge < -0.3 is 15.5 Å². The maximum atomic E-state index is 11.7. The van der Waals surface area contributed by atoms with Crippen LogP contribution in [0.4, 0.5) is 5.69 Å². The van der Waals surface area contributed by atoms with Crippen molar-refractivity contribution in [1.82, 2.24) is 10.6 Å². The monoisotopic (exact) mass is 255 g/mol. The summed E-state index contributed by atoms with van der Waals surface area (Å²) in [5.74, 6) is -0.0193. The minimum atomic E-state index is -0.0193. The zero-order valence-electron chi connectivity index (χ0n) is 9.90. The Morgan fingerprint density at radius 2 is 1.94 bits per heavy atom. The van der Waals surface area contributed by atoms with E-state index in [1.54, 1.807) is 7.05 Å². The van der Waals surface area contributed by atoms with Gasteiger partial charge in [-0.15, -0.1) is 12.4 Å². The number of benzene rings is 1. The zero-order valence-corrected chi connectivity index (χ0v) is 10.7. The van der Waals surface area contributed by atoms with Crippen molar-refractivity contribution < 1.29 is 4.79 Å². The molecule has 1 fully saturated rings. The minimum Gasteiger partial charge on any atom is -0.368 e. The van der Waals surface area contributed by atoms with Crippen LogP contribution in [0.3, 0.4) is 0 Å². The third kappa shape index (κ3) is 3.11. The molecule has 0 aliphatic carbocycles. The maximum Gasteiger partial charge on any atom is 0.253 e. The average molecular weight is 256 g/mol. The van der Waals surface area contributed by atoms with E-state index in [0.717, 1.165) is 37.4 Å². The van der Waals surface area contributed by atoms with E-state index in [-0.39, 0.29) is 18.3 Å². The van der Waals surface area contributed by atoms with Crippen molar-refractivity contribution in [2.75, 3.05) is 38.1 Å². The van der Waals surface area contributed by atoms with Crippen LogP contribution >= 0.6 is 12.4 Å². The normalized spacial score (nSPS) is 15.0. The molecule has 1 aliphatic rings. The van der Waals surface area contributed by atoms with Gasteiger partial charge >= 0.3 is 0 Å². The summed E-state index contributed by atoms with van der Waals surface area (Å²) < 4.78 is 0. The smallest absolute Gasteiger partial charge is 0.253 e. The van der Waals surface area contributed by atoms with Crippen LogP contribution in [0, 0.1) is 0 Å². The largest absolute Gasteiger partial charge is 0.368 e. The summed E-state index contributed by atoms with van der Waals surface area (Å²) in [6, 6.07) is 7.76. The number of nitrogens with zero attached hydrogens (tertiary/aromatic N) is 1. The van der Waals surface area contributed by atoms with E-state index in [2.05, 4.69) is 15.5 Å². The quantitative estimate of drug-likeness (QED) is 0.825. The third-order valence-corrected chi connectivity index (χ3v) is 2.83. The molecule has 0 saturated carbocycles. The summed E-state index contributed by atoms with van der Waals surface area (Å²) in [6.45, 7) is 3.85. The molecule has 0 aromatic heterocycles. The second-order valence-corrected chi connectivity index (χ2v) is 3.83. The number of hydrogen-bond acceptors (Lipinski definition) is 3. The van der Waals surface area contributed by atoms with E-state index < -0.39 is 0 Å². The first kappa shape index (κ1) is 13.8. The highest BCUT2D eigenvalue weighted by Gasteiger charge is 2.16. The Morgan fingerprint density at radius 3 is 2.59 bits per heavy atom. The van der Waals surface area contributed by atoms with Crippen LogP contribution in [0.2, 0.25) is 0 Å². The number of piperazine rings is 1. The number of para-hydroxylation sites is 1. The average Bonchev–Trinajstić information content (AvgIpc) is 2.39. The molecule has 1 saturated heterocycles. The van der Waals surface area contributed by atoms with Crippen LogP contribution in [-0.2, 0) is 0 Å². The molecule has 17 heavy (non-hydrogen) atoms. The van der Waals surface area contributed by atoms with Gasteiger partial charge in [0.05, 0.1) is 5.56 Å². The fourth-order valence-electron chi connectivity index (χ4n) is 1.98. The van der Waals surface area contributed by atoms with Crippen LogP contribution < -0.4 is 15.5 Å². The zero-order chi connectivity index (χ0) is 11.4. The highest BCUT2D eigenvalue weighted by atomic mass is 35.5. The molecule has 1 amide bonds. The molecule has 5 heteroatoms. The Labute approximate surface area is 108 Å². The van der Waals surface area contributed by atoms with Gasteiger partial charge in [0.1, 0.15) is 0 Å². The summed E-state index contributed by atoms with van der Waals surface area (Å²) in [6.07, 6.45) is 0. The molecule has 94 valence electrons. The highest BCUT2D eigenvalue weighted by molar-refractivity contribution is 5.99. The molecule has 1 aliphatic heterocycles. The van der Waals surface area contributed by atoms with Crippen LogP contribution in [0.15, 0.2) is 24.3 Å². The van der Waals surface area contributed by atoms with Gasteiger partial charge in [-0.2, -0.15) is 0 Å². The lowest BCUT2D eigenvalue weighted by molar-refractivity contribution is 0.0963. The summed E-state index contributed by atoms with van der Waals surface area (Å²) >= 11 is 0. The van der Waals surface area contributed by atoms with Crippen molar-refractivity contribution >= 4 is 24.0 Å². The predicted octanol–water partition coefficient (Wildman–Crippen LogP) is 0.878. The summed E-state index contributed by atoms with van der Waals surface area (Å²) in [5.41, 5.74) is 1.79. The van der Waals surface area contributed by atoms with E-state index >= 15 is 0 Å². The number of hydrogen-bond donors (Lipinski definition) is 2. The lowest BCUT2D eigenvalue weighted by Gasteiger charge is -2.30. The van der Waals surface area contributed by atoms with Gasteiger partial charge in [-0.05, 0) is 12.1 Å². The highest BCUT2D eigenvalue weighted by Crippen LogP contribution is 2.20. The van der Waals surface area contributed by atoms with Gasteiger partial charge in [-0.3, -0.25) is 4.79 Å². The molecule has 4 nitrogen and oxygen atoms in total. The second-order valence-electron chi connectivity index (χ2n) is 3.83. The summed E-state index contributed by atoms with van der Waals surface area (Å²) in [4.78, 5) is 14.0. The van der Waals surface area contributed by atoms with Crippen LogP contribution in [-0.4, -0.2) is 39.1 Å². The molecule has 1 aromatic carbocycles. The van der Waals surface area contributed by atoms with E-state index in [0.29, 0.717) is 0 Å². The molecule has 0 spiro atoms. The van der Waals surface area contributed by atoms with Gasteiger partial charge in [0.2, 0.25) is 0 Å². The first-order valence-corrected chi connectivity index (χ1v) is 5.59. The van der Waals surface area contributed by atoms with E-state index in [4.69, 9.17) is 0 Å². The van der Waals surface area contributed by atoms with Gasteiger partial charge in [-0.1, -0.05) is 12.1 Å². The minimum absolute atomic E-state index is 0. The van der Waals surface area contributed by atoms with E-state index in [1.165, 1.54) is 0 Å². The van der Waals surface area contributed by atoms with Crippen molar-refractivity contribution in [2.24, 2.45) is 0 Å². The summed E-state index contributed by atoms with van der Waals surface area (Å²) in [5, 5.41) is 5.98. The number of anilines is 1. The van der Waals surface area contributed by atoms with Crippen LogP contribution in [0.25, 0.3) is 0 Å². The Bertz CT molecular complexity index is 378. The molecule has 0 bridgehead atoms. The molecule has 0 radical (unpaired) electrons. The molecule has 1 heterocycles. The fourth-order valence-corrected chi connectivity index (χ4v) is 1.98. The molecule has 0 atom stereocenters. The summed E-state index contributed by atoms with van der Waals surface area (Å²) in [7, 11) is 1.66. The van der Waals surface area contributed by atoms with Crippen molar-refractivity contribution in [3.63, 3.8) is 0 Å². The van der Waals surface area contributed by atoms with Crippen LogP contribution in [0.1, 0.15) is 10.4 Å². The SMILES string of the molecule is CNC(=O)c1ccccc1N1CCNCC1.Cl. The molecular formula is C12H18ClN3O. The number of halogens is 1. The van der Waals surface area contributed by atoms with Gasteiger partial charge in [0, 0.05) is 38.9 Å². The first-order valence-electron chi connectivity index (χ1n) is 5.59. The van der Waals surface area contributed by atoms with Crippen molar-refractivity contribution in [2.45, 2.75) is 0 Å². The van der Waals surface area contributed by atoms with Gasteiger partial charge in [-0.25, -0.2) is 0 Å². The van der Waals surface area contributed by atoms with Crippen molar-refractivity contribution in [3.05, 3.63) is 29.8 Å². The topological polar surface area (TPSA) is 44.4 Å². The standard InChI is InChI=1S/C12H17N3O.ClH/c1-13-12(16)10-4-2-3-5-11(10)15-8-6-14-7-9-15;/h2-5,14H,6-9H2,1H3,(H,13,16);1H. The van der Waals surface area contributed by atoms with E-state index in [9.17, 15) is 4.79 Å². The van der Waals surface area contributed by atoms with Gasteiger partial charge in [0.15, 0.2) is 0 Å². The lowest BCUT2D eigenvalue weighted by Crippen LogP contribution is -2.44. The molecule has 1 aromatic rings. The Balaban J connectivity index is 0.00000144. The fraction of sp³-hybridized carbons (Fsp3) is 0.417. The third-order valence-electron chi connectivity index (χ3n) is 2.83. The number of rotatable bonds is 2. The van der Waals surface area contributed by atoms with Crippen molar-refractivity contribution in [3.8, 4) is 0 Å². The molecule has 2 rings (SSSR count). The maximum absolute atomic E-state index is 11.7. The number of nitrogens with one attached hydrogen (secondary N) is 2. The predicted molar refractivity (Wildman–Crippen MR) is 72.2 cm³/mol. The molecule has 2 N–H and O–H groups in total. The molecular weight excluding hydrogens is 238 g/mol. The molecule has 0 unspecified atom stereocenters. The Morgan fingerprint density at radius 1 is 1.29 bits per heavy atom. The Kier molecular flexibility index (Phi) is 5.25. The van der Waals surface area contributed by atoms with Crippen molar-refractivity contribution in [1.29, 1.82) is 0 Å². The number of carbonyl (C=O) groups is 1. The van der Waals surface area contributed by atoms with E-state index in [1.807, 2.05) is 24.3 Å². The van der Waals surface area contributed by atoms with Gasteiger partial charge in [0.25, 0.3) is 5.91 Å².